The molecule has 1 aromatic heterocycles. The van der Waals surface area contributed by atoms with E-state index in [1.165, 1.54) is 4.57 Å². The zero-order chi connectivity index (χ0) is 19.4. The monoisotopic (exact) mass is 387 g/mol. The van der Waals surface area contributed by atoms with E-state index in [1.807, 2.05) is 49.3 Å². The molecule has 1 amide bonds. The first kappa shape index (κ1) is 19.2. The fourth-order valence-electron chi connectivity index (χ4n) is 3.02. The van der Waals surface area contributed by atoms with Crippen LogP contribution in [0.25, 0.3) is 11.1 Å². The van der Waals surface area contributed by atoms with Crippen LogP contribution in [0.5, 0.6) is 0 Å². The van der Waals surface area contributed by atoms with Gasteiger partial charge in [-0.05, 0) is 31.8 Å². The molecule has 1 heterocycles. The molecule has 0 aliphatic carbocycles. The van der Waals surface area contributed by atoms with Crippen LogP contribution in [0.2, 0.25) is 5.02 Å². The number of fused-ring (bicyclic) bond motifs is 1. The van der Waals surface area contributed by atoms with E-state index in [0.29, 0.717) is 22.7 Å². The maximum absolute atomic E-state index is 12.5. The van der Waals surface area contributed by atoms with Crippen LogP contribution >= 0.6 is 11.6 Å². The largest absolute Gasteiger partial charge is 0.419 e. The number of hydrogen-bond donors (Lipinski definition) is 1. The number of benzene rings is 2. The number of aryl methyl sites for hydroxylation is 1. The van der Waals surface area contributed by atoms with Gasteiger partial charge in [0.2, 0.25) is 5.91 Å². The maximum atomic E-state index is 12.5. The Morgan fingerprint density at radius 3 is 2.67 bits per heavy atom. The number of hydrogen-bond acceptors (Lipinski definition) is 4. The van der Waals surface area contributed by atoms with Crippen molar-refractivity contribution in [3.05, 3.63) is 69.7 Å². The number of carbonyl (C=O) groups excluding carboxylic acids is 1. The van der Waals surface area contributed by atoms with Crippen LogP contribution in [0.4, 0.5) is 0 Å². The Bertz CT molecular complexity index is 979. The Morgan fingerprint density at radius 1 is 1.22 bits per heavy atom. The highest BCUT2D eigenvalue weighted by molar-refractivity contribution is 6.31. The average Bonchev–Trinajstić information content (AvgIpc) is 2.94. The highest BCUT2D eigenvalue weighted by atomic mass is 35.5. The van der Waals surface area contributed by atoms with Gasteiger partial charge in [0.1, 0.15) is 0 Å². The molecule has 7 heteroatoms. The fourth-order valence-corrected chi connectivity index (χ4v) is 3.18. The van der Waals surface area contributed by atoms with Crippen molar-refractivity contribution in [1.82, 2.24) is 14.8 Å². The van der Waals surface area contributed by atoms with E-state index in [4.69, 9.17) is 16.0 Å². The number of likely N-dealkylation sites (N-methyl/N-ethyl adjacent to an activating group) is 1. The predicted molar refractivity (Wildman–Crippen MR) is 106 cm³/mol. The lowest BCUT2D eigenvalue weighted by Gasteiger charge is -2.23. The molecule has 3 aromatic rings. The minimum Gasteiger partial charge on any atom is -0.408 e. The molecular weight excluding hydrogens is 366 g/mol. The molecule has 0 fully saturated rings. The first-order chi connectivity index (χ1) is 12.9. The summed E-state index contributed by atoms with van der Waals surface area (Å²) in [6, 6.07) is 14.7. The molecular formula is C20H22ClN3O3. The summed E-state index contributed by atoms with van der Waals surface area (Å²) in [6.45, 7) is 0.922. The van der Waals surface area contributed by atoms with Gasteiger partial charge in [-0.1, -0.05) is 41.9 Å². The Hall–Kier alpha value is -2.57. The summed E-state index contributed by atoms with van der Waals surface area (Å²) in [7, 11) is 3.93. The first-order valence-electron chi connectivity index (χ1n) is 8.72. The number of aromatic nitrogens is 1. The Kier molecular flexibility index (Phi) is 5.98. The summed E-state index contributed by atoms with van der Waals surface area (Å²) < 4.78 is 6.65. The Balaban J connectivity index is 1.70. The van der Waals surface area contributed by atoms with Gasteiger partial charge in [-0.15, -0.1) is 0 Å². The van der Waals surface area contributed by atoms with E-state index in [9.17, 15) is 9.59 Å². The summed E-state index contributed by atoms with van der Waals surface area (Å²) in [5, 5.41) is 3.55. The third kappa shape index (κ3) is 4.78. The summed E-state index contributed by atoms with van der Waals surface area (Å²) in [5.74, 6) is -0.617. The van der Waals surface area contributed by atoms with E-state index in [0.717, 1.165) is 5.56 Å². The third-order valence-electron chi connectivity index (χ3n) is 4.28. The number of oxazole rings is 1. The van der Waals surface area contributed by atoms with E-state index in [2.05, 4.69) is 5.32 Å². The van der Waals surface area contributed by atoms with Crippen LogP contribution in [-0.2, 0) is 11.3 Å². The van der Waals surface area contributed by atoms with Crippen LogP contribution in [0.1, 0.15) is 18.0 Å². The second-order valence-electron chi connectivity index (χ2n) is 6.67. The van der Waals surface area contributed by atoms with Crippen LogP contribution in [-0.4, -0.2) is 36.0 Å². The van der Waals surface area contributed by atoms with E-state index in [-0.39, 0.29) is 24.9 Å². The lowest BCUT2D eigenvalue weighted by atomic mass is 10.1. The molecule has 3 rings (SSSR count). The quantitative estimate of drug-likeness (QED) is 0.676. The molecule has 142 valence electrons. The number of carbonyl (C=O) groups is 1. The van der Waals surface area contributed by atoms with Gasteiger partial charge in [0.25, 0.3) is 0 Å². The second-order valence-corrected chi connectivity index (χ2v) is 7.11. The van der Waals surface area contributed by atoms with Crippen molar-refractivity contribution in [2.24, 2.45) is 0 Å². The van der Waals surface area contributed by atoms with E-state index < -0.39 is 5.76 Å². The van der Waals surface area contributed by atoms with Gasteiger partial charge < -0.3 is 14.6 Å². The highest BCUT2D eigenvalue weighted by Crippen LogP contribution is 2.19. The molecule has 0 aliphatic heterocycles. The van der Waals surface area contributed by atoms with E-state index in [1.54, 1.807) is 18.2 Å². The van der Waals surface area contributed by atoms with Gasteiger partial charge in [-0.3, -0.25) is 9.36 Å². The SMILES string of the molecule is CN(C)C[C@@H](NC(=O)CCn1c(=O)oc2cc(Cl)ccc21)c1ccccc1. The van der Waals surface area contributed by atoms with Crippen LogP contribution in [0.3, 0.4) is 0 Å². The fraction of sp³-hybridized carbons (Fsp3) is 0.300. The lowest BCUT2D eigenvalue weighted by molar-refractivity contribution is -0.122. The predicted octanol–water partition coefficient (Wildman–Crippen LogP) is 3.06. The summed E-state index contributed by atoms with van der Waals surface area (Å²) in [4.78, 5) is 26.6. The van der Waals surface area contributed by atoms with Gasteiger partial charge in [0.15, 0.2) is 5.58 Å². The summed E-state index contributed by atoms with van der Waals surface area (Å²) >= 11 is 5.93. The van der Waals surface area contributed by atoms with Gasteiger partial charge >= 0.3 is 5.76 Å². The number of amides is 1. The normalized spacial score (nSPS) is 12.4. The van der Waals surface area contributed by atoms with Crippen molar-refractivity contribution < 1.29 is 9.21 Å². The molecule has 0 unspecified atom stereocenters. The summed E-state index contributed by atoms with van der Waals surface area (Å²) in [6.07, 6.45) is 0.175. The Labute approximate surface area is 162 Å². The molecule has 0 radical (unpaired) electrons. The molecule has 1 N–H and O–H groups in total. The molecule has 0 saturated heterocycles. The topological polar surface area (TPSA) is 67.5 Å². The molecule has 0 saturated carbocycles. The number of nitrogens with zero attached hydrogens (tertiary/aromatic N) is 2. The van der Waals surface area contributed by atoms with Gasteiger partial charge in [-0.25, -0.2) is 4.79 Å². The zero-order valence-electron chi connectivity index (χ0n) is 15.3. The number of halogens is 1. The number of nitrogens with one attached hydrogen (secondary N) is 1. The Morgan fingerprint density at radius 2 is 1.96 bits per heavy atom. The van der Waals surface area contributed by atoms with Crippen molar-refractivity contribution in [3.8, 4) is 0 Å². The standard InChI is InChI=1S/C20H22ClN3O3/c1-23(2)13-16(14-6-4-3-5-7-14)22-19(25)10-11-24-17-9-8-15(21)12-18(17)27-20(24)26/h3-9,12,16H,10-11,13H2,1-2H3,(H,22,25)/t16-/m1/s1. The molecule has 2 aromatic carbocycles. The smallest absolute Gasteiger partial charge is 0.408 e. The minimum absolute atomic E-state index is 0.120. The minimum atomic E-state index is -0.493. The van der Waals surface area contributed by atoms with Gasteiger partial charge in [-0.2, -0.15) is 0 Å². The average molecular weight is 388 g/mol. The van der Waals surface area contributed by atoms with Crippen LogP contribution in [0.15, 0.2) is 57.7 Å². The number of rotatable bonds is 7. The van der Waals surface area contributed by atoms with Crippen molar-refractivity contribution in [3.63, 3.8) is 0 Å². The summed E-state index contributed by atoms with van der Waals surface area (Å²) in [5.41, 5.74) is 2.09. The molecule has 0 aliphatic rings. The van der Waals surface area contributed by atoms with Crippen molar-refractivity contribution in [2.75, 3.05) is 20.6 Å². The molecule has 0 spiro atoms. The molecule has 0 bridgehead atoms. The van der Waals surface area contributed by atoms with Crippen LogP contribution in [0, 0.1) is 0 Å². The molecule has 27 heavy (non-hydrogen) atoms. The van der Waals surface area contributed by atoms with Crippen molar-refractivity contribution >= 4 is 28.6 Å². The van der Waals surface area contributed by atoms with Crippen molar-refractivity contribution in [1.29, 1.82) is 0 Å². The molecule has 6 nitrogen and oxygen atoms in total. The van der Waals surface area contributed by atoms with Gasteiger partial charge in [0.05, 0.1) is 11.6 Å². The van der Waals surface area contributed by atoms with E-state index >= 15 is 0 Å². The van der Waals surface area contributed by atoms with Crippen molar-refractivity contribution in [2.45, 2.75) is 19.0 Å². The first-order valence-corrected chi connectivity index (χ1v) is 9.10. The van der Waals surface area contributed by atoms with Gasteiger partial charge in [0, 0.05) is 30.6 Å². The molecule has 1 atom stereocenters. The lowest BCUT2D eigenvalue weighted by Crippen LogP contribution is -2.36. The highest BCUT2D eigenvalue weighted by Gasteiger charge is 2.16. The zero-order valence-corrected chi connectivity index (χ0v) is 16.1. The third-order valence-corrected chi connectivity index (χ3v) is 4.51. The van der Waals surface area contributed by atoms with Crippen LogP contribution < -0.4 is 11.1 Å². The maximum Gasteiger partial charge on any atom is 0.419 e. The second kappa shape index (κ2) is 8.41.